The number of rotatable bonds is 3. The van der Waals surface area contributed by atoms with E-state index in [-0.39, 0.29) is 5.69 Å². The van der Waals surface area contributed by atoms with Crippen molar-refractivity contribution >= 4 is 17.2 Å². The minimum absolute atomic E-state index is 0.146. The maximum absolute atomic E-state index is 13.4. The van der Waals surface area contributed by atoms with Gasteiger partial charge in [-0.25, -0.2) is 8.78 Å². The largest absolute Gasteiger partial charge is 0.416 e. The number of nitriles is 1. The van der Waals surface area contributed by atoms with Crippen LogP contribution in [0, 0.1) is 23.0 Å². The molecule has 2 aromatic rings. The average Bonchev–Trinajstić information content (AvgIpc) is 2.56. The molecule has 0 aliphatic carbocycles. The second-order valence-corrected chi connectivity index (χ2v) is 4.50. The molecule has 0 fully saturated rings. The molecule has 1 N–H and O–H groups in total. The number of alkyl halides is 3. The van der Waals surface area contributed by atoms with Crippen molar-refractivity contribution in [2.24, 2.45) is 15.3 Å². The quantitative estimate of drug-likeness (QED) is 0.277. The molecule has 0 heterocycles. The molecule has 2 aromatic carbocycles. The SMILES string of the molecule is N#CC(/N=N/c1c(F)cccc1F)=N\Nc1ccc(C(F)(F)F)cc1. The fourth-order valence-electron chi connectivity index (χ4n) is 1.60. The molecule has 0 spiro atoms. The van der Waals surface area contributed by atoms with Crippen LogP contribution in [0.5, 0.6) is 0 Å². The molecular weight excluding hydrogens is 345 g/mol. The molecule has 10 heteroatoms. The van der Waals surface area contributed by atoms with Crippen LogP contribution in [0.4, 0.5) is 33.3 Å². The van der Waals surface area contributed by atoms with Gasteiger partial charge in [-0.2, -0.15) is 18.4 Å². The number of nitrogens with one attached hydrogen (secondary N) is 1. The van der Waals surface area contributed by atoms with Crippen molar-refractivity contribution < 1.29 is 22.0 Å². The molecule has 0 atom stereocenters. The highest BCUT2D eigenvalue weighted by molar-refractivity contribution is 5.97. The summed E-state index contributed by atoms with van der Waals surface area (Å²) in [5, 5.41) is 18.9. The first-order chi connectivity index (χ1) is 11.8. The summed E-state index contributed by atoms with van der Waals surface area (Å²) in [6.07, 6.45) is -4.47. The maximum atomic E-state index is 13.4. The van der Waals surface area contributed by atoms with Gasteiger partial charge in [-0.15, -0.1) is 15.3 Å². The van der Waals surface area contributed by atoms with Crippen LogP contribution in [0.15, 0.2) is 57.8 Å². The fraction of sp³-hybridized carbons (Fsp3) is 0.0667. The predicted octanol–water partition coefficient (Wildman–Crippen LogP) is 5.02. The monoisotopic (exact) mass is 353 g/mol. The topological polar surface area (TPSA) is 72.9 Å². The number of hydrazone groups is 1. The Hall–Kier alpha value is -3.35. The van der Waals surface area contributed by atoms with Gasteiger partial charge in [0.25, 0.3) is 5.84 Å². The van der Waals surface area contributed by atoms with Crippen molar-refractivity contribution in [3.63, 3.8) is 0 Å². The summed E-state index contributed by atoms with van der Waals surface area (Å²) in [6, 6.07) is 8.40. The van der Waals surface area contributed by atoms with E-state index < -0.39 is 34.9 Å². The molecule has 0 saturated heterocycles. The van der Waals surface area contributed by atoms with E-state index in [0.717, 1.165) is 42.5 Å². The lowest BCUT2D eigenvalue weighted by Gasteiger charge is -2.06. The number of azo groups is 1. The van der Waals surface area contributed by atoms with E-state index >= 15 is 0 Å². The van der Waals surface area contributed by atoms with Crippen molar-refractivity contribution in [1.82, 2.24) is 0 Å². The van der Waals surface area contributed by atoms with E-state index in [2.05, 4.69) is 20.8 Å². The molecule has 0 aromatic heterocycles. The Morgan fingerprint density at radius 2 is 1.60 bits per heavy atom. The summed E-state index contributed by atoms with van der Waals surface area (Å²) in [5.74, 6) is -2.53. The molecule has 0 saturated carbocycles. The van der Waals surface area contributed by atoms with E-state index in [1.165, 1.54) is 6.07 Å². The number of hydrogen-bond acceptors (Lipinski definition) is 4. The molecule has 0 unspecified atom stereocenters. The lowest BCUT2D eigenvalue weighted by Crippen LogP contribution is -2.04. The van der Waals surface area contributed by atoms with Gasteiger partial charge in [0.15, 0.2) is 17.3 Å². The molecular formula is C15H8F5N5. The Kier molecular flexibility index (Phi) is 5.38. The van der Waals surface area contributed by atoms with Crippen LogP contribution in [0.1, 0.15) is 5.56 Å². The summed E-state index contributed by atoms with van der Waals surface area (Å²) >= 11 is 0. The third kappa shape index (κ3) is 4.81. The van der Waals surface area contributed by atoms with Gasteiger partial charge in [-0.3, -0.25) is 5.43 Å². The van der Waals surface area contributed by atoms with Crippen molar-refractivity contribution in [1.29, 1.82) is 5.26 Å². The number of benzene rings is 2. The minimum atomic E-state index is -4.47. The zero-order valence-electron chi connectivity index (χ0n) is 12.2. The average molecular weight is 353 g/mol. The Bertz CT molecular complexity index is 830. The summed E-state index contributed by atoms with van der Waals surface area (Å²) < 4.78 is 64.0. The van der Waals surface area contributed by atoms with Crippen molar-refractivity contribution in [2.45, 2.75) is 6.18 Å². The van der Waals surface area contributed by atoms with E-state index in [4.69, 9.17) is 5.26 Å². The number of hydrogen-bond donors (Lipinski definition) is 1. The smallest absolute Gasteiger partial charge is 0.276 e. The standard InChI is InChI=1S/C15H8F5N5/c16-11-2-1-3-12(17)14(11)25-24-13(8-21)23-22-10-6-4-9(5-7-10)15(18,19)20/h1-7,22H/b23-13+,25-24+. The first kappa shape index (κ1) is 18.0. The van der Waals surface area contributed by atoms with E-state index in [1.807, 2.05) is 0 Å². The van der Waals surface area contributed by atoms with Gasteiger partial charge in [-0.1, -0.05) is 6.07 Å². The van der Waals surface area contributed by atoms with Gasteiger partial charge < -0.3 is 0 Å². The van der Waals surface area contributed by atoms with Crippen LogP contribution in [0.3, 0.4) is 0 Å². The molecule has 128 valence electrons. The highest BCUT2D eigenvalue weighted by Gasteiger charge is 2.29. The van der Waals surface area contributed by atoms with Crippen LogP contribution in [-0.2, 0) is 6.18 Å². The fourth-order valence-corrected chi connectivity index (χ4v) is 1.60. The van der Waals surface area contributed by atoms with Gasteiger partial charge in [0, 0.05) is 0 Å². The molecule has 25 heavy (non-hydrogen) atoms. The van der Waals surface area contributed by atoms with Gasteiger partial charge in [0.05, 0.1) is 11.3 Å². The van der Waals surface area contributed by atoms with Crippen molar-refractivity contribution in [3.8, 4) is 6.07 Å². The van der Waals surface area contributed by atoms with E-state index in [9.17, 15) is 22.0 Å². The maximum Gasteiger partial charge on any atom is 0.416 e. The molecule has 5 nitrogen and oxygen atoms in total. The zero-order chi connectivity index (χ0) is 18.4. The minimum Gasteiger partial charge on any atom is -0.276 e. The zero-order valence-corrected chi connectivity index (χ0v) is 12.2. The molecule has 0 amide bonds. The molecule has 2 rings (SSSR count). The first-order valence-electron chi connectivity index (χ1n) is 6.58. The second-order valence-electron chi connectivity index (χ2n) is 4.50. The Balaban J connectivity index is 2.13. The normalized spacial score (nSPS) is 12.2. The number of nitrogens with zero attached hydrogens (tertiary/aromatic N) is 4. The Labute approximate surface area is 138 Å². The van der Waals surface area contributed by atoms with Crippen molar-refractivity contribution in [2.75, 3.05) is 5.43 Å². The van der Waals surface area contributed by atoms with Crippen LogP contribution >= 0.6 is 0 Å². The Morgan fingerprint density at radius 3 is 2.12 bits per heavy atom. The van der Waals surface area contributed by atoms with Gasteiger partial charge >= 0.3 is 6.18 Å². The summed E-state index contributed by atoms with van der Waals surface area (Å²) in [4.78, 5) is 0. The lowest BCUT2D eigenvalue weighted by molar-refractivity contribution is -0.137. The van der Waals surface area contributed by atoms with Crippen molar-refractivity contribution in [3.05, 3.63) is 59.7 Å². The Morgan fingerprint density at radius 1 is 1.00 bits per heavy atom. The van der Waals surface area contributed by atoms with Crippen LogP contribution < -0.4 is 5.43 Å². The van der Waals surface area contributed by atoms with Crippen LogP contribution in [-0.4, -0.2) is 5.84 Å². The number of anilines is 1. The molecule has 0 aliphatic rings. The second kappa shape index (κ2) is 7.48. The third-order valence-electron chi connectivity index (χ3n) is 2.79. The van der Waals surface area contributed by atoms with Crippen LogP contribution in [0.25, 0.3) is 0 Å². The number of amidine groups is 1. The predicted molar refractivity (Wildman–Crippen MR) is 79.0 cm³/mol. The third-order valence-corrected chi connectivity index (χ3v) is 2.79. The molecule has 0 radical (unpaired) electrons. The van der Waals surface area contributed by atoms with Gasteiger partial charge in [0.1, 0.15) is 6.07 Å². The highest BCUT2D eigenvalue weighted by Crippen LogP contribution is 2.29. The first-order valence-corrected chi connectivity index (χ1v) is 6.58. The summed E-state index contributed by atoms with van der Waals surface area (Å²) in [7, 11) is 0. The highest BCUT2D eigenvalue weighted by atomic mass is 19.4. The lowest BCUT2D eigenvalue weighted by atomic mass is 10.2. The van der Waals surface area contributed by atoms with E-state index in [0.29, 0.717) is 0 Å². The molecule has 0 aliphatic heterocycles. The van der Waals surface area contributed by atoms with Crippen LogP contribution in [0.2, 0.25) is 0 Å². The van der Waals surface area contributed by atoms with E-state index in [1.54, 1.807) is 0 Å². The number of halogens is 5. The summed E-state index contributed by atoms with van der Waals surface area (Å²) in [6.45, 7) is 0. The van der Waals surface area contributed by atoms with Gasteiger partial charge in [-0.05, 0) is 36.4 Å². The summed E-state index contributed by atoms with van der Waals surface area (Å²) in [5.41, 5.74) is 0.899. The molecule has 0 bridgehead atoms. The van der Waals surface area contributed by atoms with Gasteiger partial charge in [0.2, 0.25) is 0 Å².